The lowest BCUT2D eigenvalue weighted by atomic mass is 9.96. The van der Waals surface area contributed by atoms with E-state index in [1.165, 1.54) is 5.56 Å². The van der Waals surface area contributed by atoms with Gasteiger partial charge in [0.25, 0.3) is 0 Å². The van der Waals surface area contributed by atoms with Crippen LogP contribution in [0.3, 0.4) is 0 Å². The number of hydrogen-bond acceptors (Lipinski definition) is 4. The maximum atomic E-state index is 12.7. The Labute approximate surface area is 174 Å². The minimum absolute atomic E-state index is 0.0219. The molecule has 1 aliphatic rings. The van der Waals surface area contributed by atoms with Crippen molar-refractivity contribution in [3.8, 4) is 5.75 Å². The van der Waals surface area contributed by atoms with E-state index in [2.05, 4.69) is 60.7 Å². The van der Waals surface area contributed by atoms with Crippen LogP contribution in [0.5, 0.6) is 5.75 Å². The van der Waals surface area contributed by atoms with Crippen LogP contribution in [-0.2, 0) is 4.79 Å². The predicted molar refractivity (Wildman–Crippen MR) is 117 cm³/mol. The largest absolute Gasteiger partial charge is 0.497 e. The Bertz CT molecular complexity index is 776. The van der Waals surface area contributed by atoms with Crippen LogP contribution in [0.15, 0.2) is 54.6 Å². The normalized spacial score (nSPS) is 20.6. The summed E-state index contributed by atoms with van der Waals surface area (Å²) in [5.41, 5.74) is 2.39. The van der Waals surface area contributed by atoms with E-state index in [1.807, 2.05) is 30.3 Å². The molecule has 5 heteroatoms. The van der Waals surface area contributed by atoms with Gasteiger partial charge in [-0.25, -0.2) is 0 Å². The summed E-state index contributed by atoms with van der Waals surface area (Å²) in [6.07, 6.45) is 1.04. The van der Waals surface area contributed by atoms with Gasteiger partial charge >= 0.3 is 0 Å². The summed E-state index contributed by atoms with van der Waals surface area (Å²) in [6, 6.07) is 19.0. The van der Waals surface area contributed by atoms with Crippen molar-refractivity contribution < 1.29 is 9.53 Å². The van der Waals surface area contributed by atoms with E-state index in [9.17, 15) is 4.79 Å². The van der Waals surface area contributed by atoms with Crippen LogP contribution >= 0.6 is 0 Å². The van der Waals surface area contributed by atoms with Crippen LogP contribution in [-0.4, -0.2) is 44.1 Å². The topological polar surface area (TPSA) is 53.6 Å². The first kappa shape index (κ1) is 21.3. The fourth-order valence-electron chi connectivity index (χ4n) is 4.19. The molecule has 3 rings (SSSR count). The molecule has 2 N–H and O–H groups in total. The molecule has 0 aliphatic carbocycles. The van der Waals surface area contributed by atoms with Gasteiger partial charge in [0.15, 0.2) is 0 Å². The van der Waals surface area contributed by atoms with Crippen molar-refractivity contribution >= 4 is 5.91 Å². The lowest BCUT2D eigenvalue weighted by molar-refractivity contribution is -0.121. The van der Waals surface area contributed by atoms with Crippen LogP contribution in [0, 0.1) is 5.92 Å². The second-order valence-corrected chi connectivity index (χ2v) is 8.17. The molecule has 0 saturated carbocycles. The van der Waals surface area contributed by atoms with Crippen LogP contribution in [0.4, 0.5) is 0 Å². The standard InChI is InChI=1S/C24H33N3O2/c1-17(2)23(18-10-12-20(29-4)13-11-18)26-22(28)16-25-21-14-15-27(3)24(21)19-8-6-5-7-9-19/h5-13,17,21,23-25H,14-16H2,1-4H3,(H,26,28)/t21-,23+,24-/m0/s1. The molecule has 0 aromatic heterocycles. The molecule has 0 bridgehead atoms. The minimum atomic E-state index is -0.0219. The third-order valence-electron chi connectivity index (χ3n) is 5.77. The summed E-state index contributed by atoms with van der Waals surface area (Å²) in [5, 5.41) is 6.70. The number of nitrogens with one attached hydrogen (secondary N) is 2. The summed E-state index contributed by atoms with van der Waals surface area (Å²) < 4.78 is 5.24. The van der Waals surface area contributed by atoms with Gasteiger partial charge in [0, 0.05) is 18.6 Å². The van der Waals surface area contributed by atoms with E-state index in [0.717, 1.165) is 24.3 Å². The first-order valence-corrected chi connectivity index (χ1v) is 10.4. The molecule has 0 unspecified atom stereocenters. The molecule has 3 atom stereocenters. The highest BCUT2D eigenvalue weighted by Gasteiger charge is 2.33. The summed E-state index contributed by atoms with van der Waals surface area (Å²) in [6.45, 7) is 5.60. The number of methoxy groups -OCH3 is 1. The van der Waals surface area contributed by atoms with Crippen molar-refractivity contribution in [3.05, 3.63) is 65.7 Å². The highest BCUT2D eigenvalue weighted by Crippen LogP contribution is 2.30. The van der Waals surface area contributed by atoms with Gasteiger partial charge in [0.1, 0.15) is 5.75 Å². The zero-order valence-electron chi connectivity index (χ0n) is 17.9. The van der Waals surface area contributed by atoms with E-state index < -0.39 is 0 Å². The molecular formula is C24H33N3O2. The Kier molecular flexibility index (Phi) is 7.29. The zero-order chi connectivity index (χ0) is 20.8. The van der Waals surface area contributed by atoms with Crippen molar-refractivity contribution in [1.29, 1.82) is 0 Å². The molecular weight excluding hydrogens is 362 g/mol. The van der Waals surface area contributed by atoms with Crippen molar-refractivity contribution in [2.45, 2.75) is 38.4 Å². The lowest BCUT2D eigenvalue weighted by Crippen LogP contribution is -2.43. The maximum absolute atomic E-state index is 12.7. The number of hydrogen-bond donors (Lipinski definition) is 2. The average Bonchev–Trinajstić information content (AvgIpc) is 3.11. The van der Waals surface area contributed by atoms with Gasteiger partial charge in [-0.3, -0.25) is 9.69 Å². The monoisotopic (exact) mass is 395 g/mol. The molecule has 156 valence electrons. The molecule has 1 saturated heterocycles. The third-order valence-corrected chi connectivity index (χ3v) is 5.77. The van der Waals surface area contributed by atoms with Crippen LogP contribution in [0.1, 0.15) is 43.5 Å². The molecule has 2 aromatic rings. The zero-order valence-corrected chi connectivity index (χ0v) is 17.9. The number of ether oxygens (including phenoxy) is 1. The predicted octanol–water partition coefficient (Wildman–Crippen LogP) is 3.54. The fraction of sp³-hybridized carbons (Fsp3) is 0.458. The van der Waals surface area contributed by atoms with E-state index in [0.29, 0.717) is 18.5 Å². The van der Waals surface area contributed by atoms with Crippen LogP contribution in [0.2, 0.25) is 0 Å². The van der Waals surface area contributed by atoms with Crippen LogP contribution in [0.25, 0.3) is 0 Å². The Morgan fingerprint density at radius 2 is 1.83 bits per heavy atom. The van der Waals surface area contributed by atoms with Gasteiger partial charge < -0.3 is 15.4 Å². The molecule has 1 fully saturated rings. The summed E-state index contributed by atoms with van der Waals surface area (Å²) in [4.78, 5) is 15.1. The smallest absolute Gasteiger partial charge is 0.234 e. The Hall–Kier alpha value is -2.37. The van der Waals surface area contributed by atoms with Crippen molar-refractivity contribution in [1.82, 2.24) is 15.5 Å². The number of carbonyl (C=O) groups excluding carboxylic acids is 1. The summed E-state index contributed by atoms with van der Waals surface area (Å²) in [5.74, 6) is 1.14. The van der Waals surface area contributed by atoms with E-state index in [-0.39, 0.29) is 18.0 Å². The molecule has 5 nitrogen and oxygen atoms in total. The number of rotatable bonds is 8. The van der Waals surface area contributed by atoms with Crippen molar-refractivity contribution in [2.24, 2.45) is 5.92 Å². The number of amides is 1. The first-order chi connectivity index (χ1) is 14.0. The quantitative estimate of drug-likeness (QED) is 0.718. The molecule has 29 heavy (non-hydrogen) atoms. The maximum Gasteiger partial charge on any atom is 0.234 e. The number of nitrogens with zero attached hydrogens (tertiary/aromatic N) is 1. The molecule has 0 radical (unpaired) electrons. The highest BCUT2D eigenvalue weighted by atomic mass is 16.5. The Morgan fingerprint density at radius 3 is 2.45 bits per heavy atom. The molecule has 1 aliphatic heterocycles. The van der Waals surface area contributed by atoms with E-state index >= 15 is 0 Å². The second kappa shape index (κ2) is 9.90. The van der Waals surface area contributed by atoms with Crippen LogP contribution < -0.4 is 15.4 Å². The van der Waals surface area contributed by atoms with Gasteiger partial charge in [-0.05, 0) is 42.6 Å². The Balaban J connectivity index is 1.60. The number of carbonyl (C=O) groups is 1. The summed E-state index contributed by atoms with van der Waals surface area (Å²) in [7, 11) is 3.81. The van der Waals surface area contributed by atoms with Crippen molar-refractivity contribution in [2.75, 3.05) is 27.2 Å². The molecule has 0 spiro atoms. The van der Waals surface area contributed by atoms with Gasteiger partial charge in [-0.2, -0.15) is 0 Å². The molecule has 1 amide bonds. The second-order valence-electron chi connectivity index (χ2n) is 8.17. The summed E-state index contributed by atoms with van der Waals surface area (Å²) >= 11 is 0. The average molecular weight is 396 g/mol. The molecule has 1 heterocycles. The van der Waals surface area contributed by atoms with Gasteiger partial charge in [0.2, 0.25) is 5.91 Å². The minimum Gasteiger partial charge on any atom is -0.497 e. The van der Waals surface area contributed by atoms with Crippen molar-refractivity contribution in [3.63, 3.8) is 0 Å². The molecule has 2 aromatic carbocycles. The lowest BCUT2D eigenvalue weighted by Gasteiger charge is -2.27. The third kappa shape index (κ3) is 5.37. The van der Waals surface area contributed by atoms with E-state index in [1.54, 1.807) is 7.11 Å². The van der Waals surface area contributed by atoms with Gasteiger partial charge in [0.05, 0.1) is 19.7 Å². The SMILES string of the molecule is COc1ccc([C@H](NC(=O)CN[C@H]2CCN(C)[C@H]2c2ccccc2)C(C)C)cc1. The first-order valence-electron chi connectivity index (χ1n) is 10.4. The highest BCUT2D eigenvalue weighted by molar-refractivity contribution is 5.78. The van der Waals surface area contributed by atoms with E-state index in [4.69, 9.17) is 4.74 Å². The van der Waals surface area contributed by atoms with Gasteiger partial charge in [-0.1, -0.05) is 56.3 Å². The number of likely N-dealkylation sites (tertiary alicyclic amines) is 1. The Morgan fingerprint density at radius 1 is 1.14 bits per heavy atom. The fourth-order valence-corrected chi connectivity index (χ4v) is 4.19. The number of likely N-dealkylation sites (N-methyl/N-ethyl adjacent to an activating group) is 1. The van der Waals surface area contributed by atoms with Gasteiger partial charge in [-0.15, -0.1) is 0 Å². The number of benzene rings is 2.